The summed E-state index contributed by atoms with van der Waals surface area (Å²) in [6, 6.07) is 5.43. The van der Waals surface area contributed by atoms with Crippen LogP contribution in [0.3, 0.4) is 0 Å². The van der Waals surface area contributed by atoms with Gasteiger partial charge in [0.15, 0.2) is 11.5 Å². The first-order valence-corrected chi connectivity index (χ1v) is 6.67. The maximum Gasteiger partial charge on any atom is 0.160 e. The maximum atomic E-state index is 9.64. The zero-order valence-corrected chi connectivity index (χ0v) is 11.0. The lowest BCUT2D eigenvalue weighted by Crippen LogP contribution is -2.16. The number of nitrogens with zero attached hydrogens (tertiary/aromatic N) is 1. The Morgan fingerprint density at radius 3 is 3.00 bits per heavy atom. The van der Waals surface area contributed by atoms with Crippen molar-refractivity contribution < 1.29 is 9.84 Å². The minimum atomic E-state index is 0.177. The highest BCUT2D eigenvalue weighted by Crippen LogP contribution is 2.25. The predicted octanol–water partition coefficient (Wildman–Crippen LogP) is 2.19. The maximum absolute atomic E-state index is 9.64. The standard InChI is InChI=1S/C13H16N2O2S/c1-17-13-3-2-10(6-12(13)16)7-14-5-4-11-8-18-9-15-11/h2-3,6,8-9,14,16H,4-5,7H2,1H3. The SMILES string of the molecule is COc1ccc(CNCCc2cscn2)cc1O. The van der Waals surface area contributed by atoms with Crippen molar-refractivity contribution in [1.29, 1.82) is 0 Å². The third kappa shape index (κ3) is 3.45. The molecule has 1 heterocycles. The van der Waals surface area contributed by atoms with Gasteiger partial charge in [-0.15, -0.1) is 11.3 Å². The molecule has 2 aromatic rings. The van der Waals surface area contributed by atoms with E-state index >= 15 is 0 Å². The van der Waals surface area contributed by atoms with Crippen molar-refractivity contribution in [3.63, 3.8) is 0 Å². The highest BCUT2D eigenvalue weighted by molar-refractivity contribution is 7.07. The number of hydrogen-bond acceptors (Lipinski definition) is 5. The van der Waals surface area contributed by atoms with Crippen LogP contribution in [0.5, 0.6) is 11.5 Å². The lowest BCUT2D eigenvalue weighted by molar-refractivity contribution is 0.373. The van der Waals surface area contributed by atoms with Gasteiger partial charge in [0.05, 0.1) is 18.3 Å². The largest absolute Gasteiger partial charge is 0.504 e. The predicted molar refractivity (Wildman–Crippen MR) is 72.2 cm³/mol. The van der Waals surface area contributed by atoms with Crippen molar-refractivity contribution in [2.45, 2.75) is 13.0 Å². The summed E-state index contributed by atoms with van der Waals surface area (Å²) in [7, 11) is 1.54. The molecule has 0 amide bonds. The van der Waals surface area contributed by atoms with E-state index < -0.39 is 0 Å². The smallest absolute Gasteiger partial charge is 0.160 e. The molecule has 0 aliphatic heterocycles. The minimum absolute atomic E-state index is 0.177. The molecule has 0 fully saturated rings. The van der Waals surface area contributed by atoms with Gasteiger partial charge in [-0.05, 0) is 17.7 Å². The average molecular weight is 264 g/mol. The van der Waals surface area contributed by atoms with Crippen LogP contribution in [0.4, 0.5) is 0 Å². The lowest BCUT2D eigenvalue weighted by atomic mass is 10.2. The molecule has 1 aromatic heterocycles. The number of methoxy groups -OCH3 is 1. The molecule has 0 saturated heterocycles. The molecular weight excluding hydrogens is 248 g/mol. The van der Waals surface area contributed by atoms with Gasteiger partial charge in [0.2, 0.25) is 0 Å². The lowest BCUT2D eigenvalue weighted by Gasteiger charge is -2.07. The molecule has 0 atom stereocenters. The first kappa shape index (κ1) is 12.9. The third-order valence-corrected chi connectivity index (χ3v) is 3.25. The molecule has 2 rings (SSSR count). The van der Waals surface area contributed by atoms with Crippen molar-refractivity contribution in [2.75, 3.05) is 13.7 Å². The Hall–Kier alpha value is -1.59. The molecule has 0 bridgehead atoms. The van der Waals surface area contributed by atoms with Crippen molar-refractivity contribution in [1.82, 2.24) is 10.3 Å². The number of aromatic hydroxyl groups is 1. The molecule has 0 aliphatic rings. The number of aromatic nitrogens is 1. The van der Waals surface area contributed by atoms with Crippen LogP contribution in [-0.2, 0) is 13.0 Å². The topological polar surface area (TPSA) is 54.4 Å². The van der Waals surface area contributed by atoms with Gasteiger partial charge in [0.1, 0.15) is 0 Å². The van der Waals surface area contributed by atoms with Gasteiger partial charge in [-0.2, -0.15) is 0 Å². The third-order valence-electron chi connectivity index (χ3n) is 2.61. The second kappa shape index (κ2) is 6.37. The summed E-state index contributed by atoms with van der Waals surface area (Å²) in [5.41, 5.74) is 3.99. The Bertz CT molecular complexity index is 486. The van der Waals surface area contributed by atoms with Crippen LogP contribution in [-0.4, -0.2) is 23.7 Å². The molecule has 0 unspecified atom stereocenters. The molecule has 18 heavy (non-hydrogen) atoms. The number of phenolic OH excluding ortho intramolecular Hbond substituents is 1. The normalized spacial score (nSPS) is 10.5. The summed E-state index contributed by atoms with van der Waals surface area (Å²) in [5.74, 6) is 0.678. The van der Waals surface area contributed by atoms with E-state index in [2.05, 4.69) is 15.7 Å². The zero-order valence-electron chi connectivity index (χ0n) is 10.2. The van der Waals surface area contributed by atoms with Crippen LogP contribution in [0.1, 0.15) is 11.3 Å². The molecule has 4 nitrogen and oxygen atoms in total. The Morgan fingerprint density at radius 2 is 2.33 bits per heavy atom. The number of rotatable bonds is 6. The van der Waals surface area contributed by atoms with Gasteiger partial charge in [0.25, 0.3) is 0 Å². The van der Waals surface area contributed by atoms with E-state index in [1.807, 2.05) is 11.6 Å². The van der Waals surface area contributed by atoms with Crippen LogP contribution in [0, 0.1) is 0 Å². The number of nitrogens with one attached hydrogen (secondary N) is 1. The molecule has 0 aliphatic carbocycles. The van der Waals surface area contributed by atoms with Crippen LogP contribution in [0.25, 0.3) is 0 Å². The molecule has 5 heteroatoms. The average Bonchev–Trinajstić information content (AvgIpc) is 2.88. The van der Waals surface area contributed by atoms with E-state index in [1.54, 1.807) is 30.6 Å². The van der Waals surface area contributed by atoms with E-state index in [9.17, 15) is 5.11 Å². The molecule has 2 N–H and O–H groups in total. The molecular formula is C13H16N2O2S. The number of thiazole rings is 1. The van der Waals surface area contributed by atoms with Gasteiger partial charge in [-0.3, -0.25) is 0 Å². The highest BCUT2D eigenvalue weighted by atomic mass is 32.1. The summed E-state index contributed by atoms with van der Waals surface area (Å²) in [4.78, 5) is 4.22. The van der Waals surface area contributed by atoms with Gasteiger partial charge in [-0.1, -0.05) is 6.07 Å². The van der Waals surface area contributed by atoms with E-state index in [0.29, 0.717) is 5.75 Å². The van der Waals surface area contributed by atoms with Gasteiger partial charge >= 0.3 is 0 Å². The van der Waals surface area contributed by atoms with E-state index in [4.69, 9.17) is 4.74 Å². The van der Waals surface area contributed by atoms with Crippen LogP contribution >= 0.6 is 11.3 Å². The molecule has 0 spiro atoms. The molecule has 0 saturated carbocycles. The number of phenols is 1. The summed E-state index contributed by atoms with van der Waals surface area (Å²) < 4.78 is 5.00. The van der Waals surface area contributed by atoms with Gasteiger partial charge in [-0.25, -0.2) is 4.98 Å². The number of benzene rings is 1. The molecule has 0 radical (unpaired) electrons. The molecule has 1 aromatic carbocycles. The van der Waals surface area contributed by atoms with E-state index in [0.717, 1.165) is 30.8 Å². The zero-order chi connectivity index (χ0) is 12.8. The summed E-state index contributed by atoms with van der Waals surface area (Å²) >= 11 is 1.61. The number of hydrogen-bond donors (Lipinski definition) is 2. The Kier molecular flexibility index (Phi) is 4.55. The monoisotopic (exact) mass is 264 g/mol. The van der Waals surface area contributed by atoms with Crippen molar-refractivity contribution >= 4 is 11.3 Å². The van der Waals surface area contributed by atoms with E-state index in [-0.39, 0.29) is 5.75 Å². The van der Waals surface area contributed by atoms with Crippen LogP contribution in [0.2, 0.25) is 0 Å². The fraction of sp³-hybridized carbons (Fsp3) is 0.308. The highest BCUT2D eigenvalue weighted by Gasteiger charge is 2.02. The number of ether oxygens (including phenoxy) is 1. The first-order chi connectivity index (χ1) is 8.79. The van der Waals surface area contributed by atoms with E-state index in [1.165, 1.54) is 0 Å². The second-order valence-electron chi connectivity index (χ2n) is 3.91. The summed E-state index contributed by atoms with van der Waals surface area (Å²) in [6.45, 7) is 1.60. The Labute approximate surface area is 110 Å². The van der Waals surface area contributed by atoms with Gasteiger partial charge < -0.3 is 15.2 Å². The minimum Gasteiger partial charge on any atom is -0.504 e. The van der Waals surface area contributed by atoms with Gasteiger partial charge in [0, 0.05) is 24.9 Å². The first-order valence-electron chi connectivity index (χ1n) is 5.73. The van der Waals surface area contributed by atoms with Crippen molar-refractivity contribution in [3.05, 3.63) is 40.3 Å². The Balaban J connectivity index is 1.78. The van der Waals surface area contributed by atoms with Crippen molar-refractivity contribution in [3.8, 4) is 11.5 Å². The fourth-order valence-corrected chi connectivity index (χ4v) is 2.25. The summed E-state index contributed by atoms with van der Waals surface area (Å²) in [5, 5.41) is 15.0. The van der Waals surface area contributed by atoms with Crippen LogP contribution in [0.15, 0.2) is 29.1 Å². The Morgan fingerprint density at radius 1 is 1.44 bits per heavy atom. The van der Waals surface area contributed by atoms with Crippen molar-refractivity contribution in [2.24, 2.45) is 0 Å². The second-order valence-corrected chi connectivity index (χ2v) is 4.63. The fourth-order valence-electron chi connectivity index (χ4n) is 1.66. The van der Waals surface area contributed by atoms with Crippen LogP contribution < -0.4 is 10.1 Å². The quantitative estimate of drug-likeness (QED) is 0.785. The molecule has 96 valence electrons. The summed E-state index contributed by atoms with van der Waals surface area (Å²) in [6.07, 6.45) is 0.922.